The van der Waals surface area contributed by atoms with Crippen LogP contribution < -0.4 is 5.32 Å². The van der Waals surface area contributed by atoms with Gasteiger partial charge in [0.2, 0.25) is 5.91 Å². The summed E-state index contributed by atoms with van der Waals surface area (Å²) in [5.41, 5.74) is 5.01. The molecule has 0 radical (unpaired) electrons. The minimum Gasteiger partial charge on any atom is -0.325 e. The Bertz CT molecular complexity index is 880. The van der Waals surface area contributed by atoms with Crippen molar-refractivity contribution in [3.8, 4) is 0 Å². The molecule has 0 aliphatic rings. The van der Waals surface area contributed by atoms with Crippen LogP contribution in [-0.4, -0.2) is 25.8 Å². The molecule has 0 aliphatic heterocycles. The topological polar surface area (TPSA) is 59.3 Å². The zero-order valence-corrected chi connectivity index (χ0v) is 15.0. The Morgan fingerprint density at radius 3 is 2.58 bits per heavy atom. The number of anilines is 1. The van der Waals surface area contributed by atoms with E-state index in [0.717, 1.165) is 22.5 Å². The van der Waals surface area contributed by atoms with Crippen LogP contribution in [0.4, 0.5) is 5.69 Å². The molecule has 2 aromatic heterocycles. The molecule has 1 atom stereocenters. The lowest BCUT2D eigenvalue weighted by Gasteiger charge is -2.15. The number of nitrogens with zero attached hydrogens (tertiary/aromatic N) is 3. The molecule has 0 bridgehead atoms. The number of aryl methyl sites for hydroxylation is 3. The monoisotopic (exact) mass is 340 g/mol. The van der Waals surface area contributed by atoms with Gasteiger partial charge in [-0.25, -0.2) is 0 Å². The Hall–Kier alpha value is -2.34. The fraction of sp³-hybridized carbons (Fsp3) is 0.278. The molecular formula is C18H20N4OS. The third-order valence-corrected chi connectivity index (χ3v) is 4.92. The fourth-order valence-corrected chi connectivity index (χ4v) is 3.55. The minimum absolute atomic E-state index is 0.0391. The van der Waals surface area contributed by atoms with Crippen molar-refractivity contribution in [3.63, 3.8) is 0 Å². The minimum atomic E-state index is -0.280. The van der Waals surface area contributed by atoms with Crippen molar-refractivity contribution in [2.45, 2.75) is 38.1 Å². The van der Waals surface area contributed by atoms with E-state index in [-0.39, 0.29) is 11.2 Å². The molecule has 1 aromatic carbocycles. The molecule has 3 aromatic rings. The van der Waals surface area contributed by atoms with Gasteiger partial charge in [-0.3, -0.25) is 9.20 Å². The lowest BCUT2D eigenvalue weighted by atomic mass is 10.1. The Labute approximate surface area is 145 Å². The number of benzene rings is 1. The van der Waals surface area contributed by atoms with Crippen molar-refractivity contribution in [2.75, 3.05) is 5.32 Å². The molecule has 2 heterocycles. The summed E-state index contributed by atoms with van der Waals surface area (Å²) in [6.45, 7) is 7.96. The highest BCUT2D eigenvalue weighted by Crippen LogP contribution is 2.26. The Balaban J connectivity index is 1.76. The van der Waals surface area contributed by atoms with E-state index in [1.165, 1.54) is 17.3 Å². The number of carbonyl (C=O) groups excluding carboxylic acids is 1. The number of carbonyl (C=O) groups is 1. The van der Waals surface area contributed by atoms with E-state index in [9.17, 15) is 4.79 Å². The number of hydrogen-bond donors (Lipinski definition) is 1. The van der Waals surface area contributed by atoms with Gasteiger partial charge in [-0.05, 0) is 51.0 Å². The summed E-state index contributed by atoms with van der Waals surface area (Å²) >= 11 is 1.40. The van der Waals surface area contributed by atoms with Crippen molar-refractivity contribution in [3.05, 3.63) is 53.2 Å². The van der Waals surface area contributed by atoms with Gasteiger partial charge in [-0.2, -0.15) is 0 Å². The largest absolute Gasteiger partial charge is 0.325 e. The maximum Gasteiger partial charge on any atom is 0.237 e. The maximum atomic E-state index is 12.6. The standard InChI is InChI=1S/C18H20N4OS/c1-11-9-12(2)16(13(3)10-11)19-17(23)14(4)24-18-21-20-15-7-5-6-8-22(15)18/h5-10,14H,1-4H3,(H,19,23)/t14-/m1/s1. The van der Waals surface area contributed by atoms with Crippen molar-refractivity contribution in [1.29, 1.82) is 0 Å². The third kappa shape index (κ3) is 3.28. The van der Waals surface area contributed by atoms with Crippen LogP contribution in [0, 0.1) is 20.8 Å². The van der Waals surface area contributed by atoms with Crippen LogP contribution >= 0.6 is 11.8 Å². The SMILES string of the molecule is Cc1cc(C)c(NC(=O)[C@@H](C)Sc2nnc3ccccn23)c(C)c1. The molecular weight excluding hydrogens is 320 g/mol. The van der Waals surface area contributed by atoms with Gasteiger partial charge < -0.3 is 5.32 Å². The lowest BCUT2D eigenvalue weighted by Crippen LogP contribution is -2.23. The summed E-state index contributed by atoms with van der Waals surface area (Å²) in [6.07, 6.45) is 1.90. The molecule has 0 saturated heterocycles. The number of rotatable bonds is 4. The summed E-state index contributed by atoms with van der Waals surface area (Å²) < 4.78 is 1.89. The fourth-order valence-electron chi connectivity index (χ4n) is 2.71. The van der Waals surface area contributed by atoms with Gasteiger partial charge in [0.1, 0.15) is 0 Å². The molecule has 1 N–H and O–H groups in total. The third-order valence-electron chi connectivity index (χ3n) is 3.86. The van der Waals surface area contributed by atoms with Crippen molar-refractivity contribution in [2.24, 2.45) is 0 Å². The van der Waals surface area contributed by atoms with Crippen LogP contribution in [0.1, 0.15) is 23.6 Å². The Kier molecular flexibility index (Phi) is 4.57. The van der Waals surface area contributed by atoms with Crippen molar-refractivity contribution >= 4 is 29.0 Å². The number of amides is 1. The first-order valence-corrected chi connectivity index (χ1v) is 8.69. The van der Waals surface area contributed by atoms with Gasteiger partial charge in [0.15, 0.2) is 10.8 Å². The van der Waals surface area contributed by atoms with Gasteiger partial charge in [-0.1, -0.05) is 35.5 Å². The quantitative estimate of drug-likeness (QED) is 0.735. The van der Waals surface area contributed by atoms with Gasteiger partial charge >= 0.3 is 0 Å². The molecule has 0 unspecified atom stereocenters. The van der Waals surface area contributed by atoms with E-state index < -0.39 is 0 Å². The maximum absolute atomic E-state index is 12.6. The number of fused-ring (bicyclic) bond motifs is 1. The second-order valence-corrected chi connectivity index (χ2v) is 7.24. The summed E-state index contributed by atoms with van der Waals surface area (Å²) in [5.74, 6) is -0.0391. The highest BCUT2D eigenvalue weighted by molar-refractivity contribution is 8.00. The van der Waals surface area contributed by atoms with Gasteiger partial charge in [0, 0.05) is 11.9 Å². The Morgan fingerprint density at radius 1 is 1.17 bits per heavy atom. The number of nitrogens with one attached hydrogen (secondary N) is 1. The van der Waals surface area contributed by atoms with E-state index >= 15 is 0 Å². The number of aromatic nitrogens is 3. The average molecular weight is 340 g/mol. The first-order chi connectivity index (χ1) is 11.5. The van der Waals surface area contributed by atoms with E-state index in [1.807, 2.05) is 49.6 Å². The number of hydrogen-bond acceptors (Lipinski definition) is 4. The van der Waals surface area contributed by atoms with Crippen LogP contribution in [0.5, 0.6) is 0 Å². The summed E-state index contributed by atoms with van der Waals surface area (Å²) in [6, 6.07) is 9.88. The van der Waals surface area contributed by atoms with Crippen LogP contribution in [0.2, 0.25) is 0 Å². The normalized spacial score (nSPS) is 12.3. The van der Waals surface area contributed by atoms with Crippen molar-refractivity contribution in [1.82, 2.24) is 14.6 Å². The zero-order chi connectivity index (χ0) is 17.3. The number of thioether (sulfide) groups is 1. The molecule has 5 nitrogen and oxygen atoms in total. The first-order valence-electron chi connectivity index (χ1n) is 7.81. The molecule has 0 saturated carbocycles. The van der Waals surface area contributed by atoms with Crippen molar-refractivity contribution < 1.29 is 4.79 Å². The van der Waals surface area contributed by atoms with Gasteiger partial charge in [0.25, 0.3) is 0 Å². The highest BCUT2D eigenvalue weighted by Gasteiger charge is 2.19. The van der Waals surface area contributed by atoms with Crippen LogP contribution in [0.3, 0.4) is 0 Å². The molecule has 6 heteroatoms. The first kappa shape index (κ1) is 16.5. The van der Waals surface area contributed by atoms with Gasteiger partial charge in [-0.15, -0.1) is 10.2 Å². The number of pyridine rings is 1. The molecule has 0 aliphatic carbocycles. The van der Waals surface area contributed by atoms with Crippen LogP contribution in [0.15, 0.2) is 41.7 Å². The van der Waals surface area contributed by atoms with Crippen LogP contribution in [0.25, 0.3) is 5.65 Å². The molecule has 0 spiro atoms. The van der Waals surface area contributed by atoms with Gasteiger partial charge in [0.05, 0.1) is 5.25 Å². The molecule has 24 heavy (non-hydrogen) atoms. The molecule has 3 rings (SSSR count). The van der Waals surface area contributed by atoms with E-state index in [2.05, 4.69) is 34.6 Å². The van der Waals surface area contributed by atoms with E-state index in [0.29, 0.717) is 5.16 Å². The zero-order valence-electron chi connectivity index (χ0n) is 14.2. The van der Waals surface area contributed by atoms with E-state index in [4.69, 9.17) is 0 Å². The summed E-state index contributed by atoms with van der Waals surface area (Å²) in [4.78, 5) is 12.6. The molecule has 0 fully saturated rings. The lowest BCUT2D eigenvalue weighted by molar-refractivity contribution is -0.115. The average Bonchev–Trinajstić information content (AvgIpc) is 2.94. The second kappa shape index (κ2) is 6.65. The smallest absolute Gasteiger partial charge is 0.237 e. The predicted octanol–water partition coefficient (Wildman–Crippen LogP) is 3.77. The molecule has 124 valence electrons. The second-order valence-electron chi connectivity index (χ2n) is 5.93. The van der Waals surface area contributed by atoms with E-state index in [1.54, 1.807) is 0 Å². The Morgan fingerprint density at radius 2 is 1.88 bits per heavy atom. The molecule has 1 amide bonds. The van der Waals surface area contributed by atoms with Crippen LogP contribution in [-0.2, 0) is 4.79 Å². The summed E-state index contributed by atoms with van der Waals surface area (Å²) in [7, 11) is 0. The highest BCUT2D eigenvalue weighted by atomic mass is 32.2. The predicted molar refractivity (Wildman–Crippen MR) is 97.6 cm³/mol. The summed E-state index contributed by atoms with van der Waals surface area (Å²) in [5, 5.41) is 11.8.